The van der Waals surface area contributed by atoms with Crippen LogP contribution in [0.2, 0.25) is 0 Å². The van der Waals surface area contributed by atoms with Crippen molar-refractivity contribution in [1.29, 1.82) is 0 Å². The summed E-state index contributed by atoms with van der Waals surface area (Å²) >= 11 is 1.77. The van der Waals surface area contributed by atoms with Crippen LogP contribution < -0.4 is 4.90 Å². The van der Waals surface area contributed by atoms with Gasteiger partial charge in [0, 0.05) is 17.5 Å². The molecule has 0 saturated carbocycles. The number of nitrogens with zero attached hydrogens (tertiary/aromatic N) is 2. The molecule has 17 heavy (non-hydrogen) atoms. The molecule has 0 amide bonds. The molecule has 96 valence electrons. The van der Waals surface area contributed by atoms with Gasteiger partial charge in [-0.1, -0.05) is 6.92 Å². The van der Waals surface area contributed by atoms with E-state index in [1.807, 2.05) is 0 Å². The first kappa shape index (κ1) is 12.8. The van der Waals surface area contributed by atoms with E-state index in [2.05, 4.69) is 30.7 Å². The quantitative estimate of drug-likeness (QED) is 0.896. The molecular weight excluding hydrogens is 232 g/mol. The molecule has 0 spiro atoms. The molecule has 2 rings (SSSR count). The summed E-state index contributed by atoms with van der Waals surface area (Å²) in [4.78, 5) is 8.30. The first-order chi connectivity index (χ1) is 8.17. The topological polar surface area (TPSA) is 36.4 Å². The number of hydrogen-bond donors (Lipinski definition) is 1. The SMILES string of the molecule is CCC(C)N(CC)c1nc2c(s1)CCCC2O. The lowest BCUT2D eigenvalue weighted by Gasteiger charge is -2.26. The number of aryl methyl sites for hydroxylation is 1. The summed E-state index contributed by atoms with van der Waals surface area (Å²) in [6, 6.07) is 0.518. The van der Waals surface area contributed by atoms with Crippen LogP contribution in [0.5, 0.6) is 0 Å². The van der Waals surface area contributed by atoms with E-state index in [9.17, 15) is 5.11 Å². The maximum absolute atomic E-state index is 9.95. The van der Waals surface area contributed by atoms with Gasteiger partial charge in [0.05, 0.1) is 11.8 Å². The van der Waals surface area contributed by atoms with Crippen molar-refractivity contribution >= 4 is 16.5 Å². The maximum atomic E-state index is 9.95. The van der Waals surface area contributed by atoms with E-state index in [0.717, 1.165) is 43.1 Å². The van der Waals surface area contributed by atoms with E-state index < -0.39 is 0 Å². The average molecular weight is 254 g/mol. The second-order valence-corrected chi connectivity index (χ2v) is 5.82. The third-order valence-corrected chi connectivity index (χ3v) is 4.79. The Balaban J connectivity index is 2.27. The molecule has 1 aromatic heterocycles. The summed E-state index contributed by atoms with van der Waals surface area (Å²) in [5.41, 5.74) is 0.943. The van der Waals surface area contributed by atoms with Crippen molar-refractivity contribution in [3.05, 3.63) is 10.6 Å². The third-order valence-electron chi connectivity index (χ3n) is 3.62. The minimum atomic E-state index is -0.334. The van der Waals surface area contributed by atoms with Crippen molar-refractivity contribution in [2.45, 2.75) is 58.6 Å². The second-order valence-electron chi connectivity index (χ2n) is 4.76. The molecule has 0 saturated heterocycles. The molecule has 0 aromatic carbocycles. The van der Waals surface area contributed by atoms with E-state index in [1.165, 1.54) is 4.88 Å². The molecule has 0 aliphatic heterocycles. The summed E-state index contributed by atoms with van der Waals surface area (Å²) < 4.78 is 0. The standard InChI is InChI=1S/C13H22N2OS/c1-4-9(3)15(5-2)13-14-12-10(16)7-6-8-11(12)17-13/h9-10,16H,4-8H2,1-3H3. The Morgan fingerprint density at radius 2 is 2.29 bits per heavy atom. The number of aromatic nitrogens is 1. The summed E-state index contributed by atoms with van der Waals surface area (Å²) in [5, 5.41) is 11.0. The van der Waals surface area contributed by atoms with Crippen LogP contribution in [0.15, 0.2) is 0 Å². The van der Waals surface area contributed by atoms with Gasteiger partial charge in [-0.05, 0) is 39.5 Å². The number of anilines is 1. The normalized spacial score (nSPS) is 21.1. The van der Waals surface area contributed by atoms with Gasteiger partial charge in [-0.15, -0.1) is 11.3 Å². The van der Waals surface area contributed by atoms with E-state index >= 15 is 0 Å². The fraction of sp³-hybridized carbons (Fsp3) is 0.769. The number of rotatable bonds is 4. The number of aliphatic hydroxyl groups is 1. The molecule has 0 radical (unpaired) electrons. The highest BCUT2D eigenvalue weighted by Crippen LogP contribution is 2.37. The van der Waals surface area contributed by atoms with Crippen LogP contribution in [0.4, 0.5) is 5.13 Å². The average Bonchev–Trinajstić information content (AvgIpc) is 2.75. The number of hydrogen-bond acceptors (Lipinski definition) is 4. The van der Waals surface area contributed by atoms with Crippen molar-refractivity contribution in [2.75, 3.05) is 11.4 Å². The number of aliphatic hydroxyl groups excluding tert-OH is 1. The van der Waals surface area contributed by atoms with Crippen molar-refractivity contribution < 1.29 is 5.11 Å². The van der Waals surface area contributed by atoms with Crippen molar-refractivity contribution in [3.8, 4) is 0 Å². The zero-order valence-electron chi connectivity index (χ0n) is 10.9. The molecule has 1 aliphatic carbocycles. The Kier molecular flexibility index (Phi) is 4.05. The molecule has 2 unspecified atom stereocenters. The zero-order chi connectivity index (χ0) is 12.4. The summed E-state index contributed by atoms with van der Waals surface area (Å²) in [5.74, 6) is 0. The fourth-order valence-electron chi connectivity index (χ4n) is 2.36. The van der Waals surface area contributed by atoms with Gasteiger partial charge in [0.25, 0.3) is 0 Å². The van der Waals surface area contributed by atoms with Gasteiger partial charge in [0.15, 0.2) is 5.13 Å². The Bertz CT molecular complexity index is 377. The van der Waals surface area contributed by atoms with Gasteiger partial charge in [-0.25, -0.2) is 4.98 Å². The minimum Gasteiger partial charge on any atom is -0.387 e. The Hall–Kier alpha value is -0.610. The van der Waals surface area contributed by atoms with Crippen LogP contribution in [0.1, 0.15) is 56.7 Å². The van der Waals surface area contributed by atoms with Gasteiger partial charge in [0.1, 0.15) is 0 Å². The fourth-order valence-corrected chi connectivity index (χ4v) is 3.68. The van der Waals surface area contributed by atoms with Crippen LogP contribution in [0.3, 0.4) is 0 Å². The Morgan fingerprint density at radius 1 is 1.53 bits per heavy atom. The van der Waals surface area contributed by atoms with Crippen LogP contribution in [-0.4, -0.2) is 22.7 Å². The molecular formula is C13H22N2OS. The van der Waals surface area contributed by atoms with Crippen molar-refractivity contribution in [3.63, 3.8) is 0 Å². The molecule has 1 N–H and O–H groups in total. The number of fused-ring (bicyclic) bond motifs is 1. The molecule has 1 heterocycles. The molecule has 2 atom stereocenters. The maximum Gasteiger partial charge on any atom is 0.186 e. The largest absolute Gasteiger partial charge is 0.387 e. The minimum absolute atomic E-state index is 0.334. The van der Waals surface area contributed by atoms with Crippen molar-refractivity contribution in [1.82, 2.24) is 4.98 Å². The first-order valence-electron chi connectivity index (χ1n) is 6.61. The Morgan fingerprint density at radius 3 is 2.88 bits per heavy atom. The molecule has 1 aliphatic rings. The van der Waals surface area contributed by atoms with Crippen LogP contribution >= 0.6 is 11.3 Å². The van der Waals surface area contributed by atoms with Gasteiger partial charge in [-0.2, -0.15) is 0 Å². The summed E-state index contributed by atoms with van der Waals surface area (Å²) in [7, 11) is 0. The second kappa shape index (κ2) is 5.36. The van der Waals surface area contributed by atoms with Gasteiger partial charge < -0.3 is 10.0 Å². The molecule has 0 bridgehead atoms. The highest BCUT2D eigenvalue weighted by atomic mass is 32.1. The third kappa shape index (κ3) is 2.47. The molecule has 3 nitrogen and oxygen atoms in total. The highest BCUT2D eigenvalue weighted by molar-refractivity contribution is 7.15. The predicted octanol–water partition coefficient (Wildman–Crippen LogP) is 3.14. The molecule has 1 aromatic rings. The van der Waals surface area contributed by atoms with Crippen LogP contribution in [0.25, 0.3) is 0 Å². The predicted molar refractivity (Wildman–Crippen MR) is 72.8 cm³/mol. The lowest BCUT2D eigenvalue weighted by Crippen LogP contribution is -2.32. The monoisotopic (exact) mass is 254 g/mol. The summed E-state index contributed by atoms with van der Waals surface area (Å²) in [6.45, 7) is 7.59. The van der Waals surface area contributed by atoms with E-state index in [0.29, 0.717) is 6.04 Å². The van der Waals surface area contributed by atoms with Crippen molar-refractivity contribution in [2.24, 2.45) is 0 Å². The van der Waals surface area contributed by atoms with Crippen LogP contribution in [0, 0.1) is 0 Å². The molecule has 0 fully saturated rings. The van der Waals surface area contributed by atoms with Gasteiger partial charge in [0.2, 0.25) is 0 Å². The van der Waals surface area contributed by atoms with E-state index in [-0.39, 0.29) is 6.10 Å². The summed E-state index contributed by atoms with van der Waals surface area (Å²) in [6.07, 6.45) is 3.83. The lowest BCUT2D eigenvalue weighted by molar-refractivity contribution is 0.153. The smallest absolute Gasteiger partial charge is 0.186 e. The Labute approximate surface area is 107 Å². The lowest BCUT2D eigenvalue weighted by atomic mass is 10.0. The highest BCUT2D eigenvalue weighted by Gasteiger charge is 2.25. The van der Waals surface area contributed by atoms with E-state index in [4.69, 9.17) is 0 Å². The zero-order valence-corrected chi connectivity index (χ0v) is 11.8. The van der Waals surface area contributed by atoms with Crippen LogP contribution in [-0.2, 0) is 6.42 Å². The van der Waals surface area contributed by atoms with E-state index in [1.54, 1.807) is 11.3 Å². The van der Waals surface area contributed by atoms with Gasteiger partial charge in [-0.3, -0.25) is 0 Å². The van der Waals surface area contributed by atoms with Gasteiger partial charge >= 0.3 is 0 Å². The number of thiazole rings is 1. The first-order valence-corrected chi connectivity index (χ1v) is 7.43. The molecule has 4 heteroatoms.